The van der Waals surface area contributed by atoms with Crippen molar-refractivity contribution in [3.8, 4) is 0 Å². The summed E-state index contributed by atoms with van der Waals surface area (Å²) in [6, 6.07) is 0. The van der Waals surface area contributed by atoms with Gasteiger partial charge in [-0.15, -0.1) is 0 Å². The number of unbranched alkanes of at least 4 members (excludes halogenated alkanes) is 7. The van der Waals surface area contributed by atoms with Crippen molar-refractivity contribution in [2.24, 2.45) is 5.73 Å². The number of nitrogens with two attached hydrogens (primary N) is 1. The van der Waals surface area contributed by atoms with Gasteiger partial charge in [0, 0.05) is 0 Å². The minimum absolute atomic E-state index is 0.288. The summed E-state index contributed by atoms with van der Waals surface area (Å²) in [7, 11) is -3.75. The van der Waals surface area contributed by atoms with Gasteiger partial charge in [0.05, 0.1) is 13.2 Å². The van der Waals surface area contributed by atoms with Crippen molar-refractivity contribution in [3.63, 3.8) is 0 Å². The monoisotopic (exact) mass is 339 g/mol. The highest BCUT2D eigenvalue weighted by atomic mass is 31.2. The van der Waals surface area contributed by atoms with Crippen molar-refractivity contribution < 1.29 is 18.5 Å². The molecule has 0 aliphatic rings. The van der Waals surface area contributed by atoms with E-state index in [9.17, 15) is 4.57 Å². The predicted molar refractivity (Wildman–Crippen MR) is 94.0 cm³/mol. The number of hydrogen-bond acceptors (Lipinski definition) is 4. The third-order valence-corrected chi connectivity index (χ3v) is 4.08. The molecule has 0 saturated carbocycles. The summed E-state index contributed by atoms with van der Waals surface area (Å²) in [6.07, 6.45) is 11.5. The van der Waals surface area contributed by atoms with Gasteiger partial charge in [-0.2, -0.15) is 0 Å². The first kappa shape index (κ1) is 24.3. The van der Waals surface area contributed by atoms with Crippen LogP contribution in [0, 0.1) is 0 Å². The summed E-state index contributed by atoms with van der Waals surface area (Å²) < 4.78 is 20.5. The summed E-state index contributed by atoms with van der Waals surface area (Å²) in [4.78, 5) is 9.08. The van der Waals surface area contributed by atoms with Crippen LogP contribution in [0.5, 0.6) is 0 Å². The molecule has 0 spiro atoms. The minimum atomic E-state index is -3.75. The van der Waals surface area contributed by atoms with Gasteiger partial charge in [0.1, 0.15) is 0 Å². The largest absolute Gasteiger partial charge is 0.472 e. The van der Waals surface area contributed by atoms with Crippen molar-refractivity contribution in [2.75, 3.05) is 19.8 Å². The number of phosphoric ester groups is 1. The summed E-state index contributed by atoms with van der Waals surface area (Å²) in [5, 5.41) is 0. The lowest BCUT2D eigenvalue weighted by Crippen LogP contribution is -1.98. The van der Waals surface area contributed by atoms with Crippen molar-refractivity contribution in [1.82, 2.24) is 0 Å². The van der Waals surface area contributed by atoms with Crippen LogP contribution in [-0.2, 0) is 13.6 Å². The zero-order chi connectivity index (χ0) is 17.1. The topological polar surface area (TPSA) is 81.8 Å². The molecule has 0 aromatic rings. The van der Waals surface area contributed by atoms with Crippen LogP contribution in [0.1, 0.15) is 85.0 Å². The fourth-order valence-corrected chi connectivity index (χ4v) is 2.40. The van der Waals surface area contributed by atoms with E-state index in [1.807, 2.05) is 13.8 Å². The molecule has 3 N–H and O–H groups in total. The number of hydrogen-bond donors (Lipinski definition) is 2. The Labute approximate surface area is 137 Å². The lowest BCUT2D eigenvalue weighted by atomic mass is 10.1. The Balaban J connectivity index is 0. The van der Waals surface area contributed by atoms with Gasteiger partial charge in [0.2, 0.25) is 0 Å². The Bertz CT molecular complexity index is 232. The van der Waals surface area contributed by atoms with Gasteiger partial charge in [0.25, 0.3) is 0 Å². The standard InChI is InChI=1S/C8H19N.C8H19O4P/c1-2-3-4-5-6-7-8-9;1-3-5-7-11-13(9,10)12-8-6-4-2/h2-9H2,1H3;3-8H2,1-2H3,(H,9,10). The SMILES string of the molecule is CCCCCCCCN.CCCCOP(=O)(O)OCCCC. The van der Waals surface area contributed by atoms with E-state index < -0.39 is 7.82 Å². The Morgan fingerprint density at radius 2 is 1.18 bits per heavy atom. The second kappa shape index (κ2) is 19.1. The van der Waals surface area contributed by atoms with Crippen molar-refractivity contribution >= 4 is 7.82 Å². The van der Waals surface area contributed by atoms with Crippen LogP contribution in [0.3, 0.4) is 0 Å². The normalized spacial score (nSPS) is 11.1. The summed E-state index contributed by atoms with van der Waals surface area (Å²) in [5.41, 5.74) is 5.34. The van der Waals surface area contributed by atoms with Gasteiger partial charge in [-0.3, -0.25) is 9.05 Å². The van der Waals surface area contributed by atoms with Gasteiger partial charge < -0.3 is 10.6 Å². The summed E-state index contributed by atoms with van der Waals surface area (Å²) in [6.45, 7) is 7.66. The van der Waals surface area contributed by atoms with Crippen molar-refractivity contribution in [1.29, 1.82) is 0 Å². The van der Waals surface area contributed by atoms with Crippen LogP contribution in [0.2, 0.25) is 0 Å². The third-order valence-electron chi connectivity index (χ3n) is 3.06. The lowest BCUT2D eigenvalue weighted by Gasteiger charge is -2.10. The van der Waals surface area contributed by atoms with Crippen LogP contribution < -0.4 is 5.73 Å². The van der Waals surface area contributed by atoms with Gasteiger partial charge in [-0.05, 0) is 25.8 Å². The quantitative estimate of drug-likeness (QED) is 0.343. The second-order valence-corrected chi connectivity index (χ2v) is 6.85. The van der Waals surface area contributed by atoms with Crippen molar-refractivity contribution in [3.05, 3.63) is 0 Å². The minimum Gasteiger partial charge on any atom is -0.330 e. The van der Waals surface area contributed by atoms with Crippen LogP contribution in [0.15, 0.2) is 0 Å². The highest BCUT2D eigenvalue weighted by molar-refractivity contribution is 7.47. The Morgan fingerprint density at radius 3 is 1.59 bits per heavy atom. The summed E-state index contributed by atoms with van der Waals surface area (Å²) >= 11 is 0. The van der Waals surface area contributed by atoms with E-state index >= 15 is 0 Å². The first-order chi connectivity index (χ1) is 10.5. The Hall–Kier alpha value is 0.0700. The highest BCUT2D eigenvalue weighted by Crippen LogP contribution is 2.43. The molecule has 0 radical (unpaired) electrons. The molecule has 0 aliphatic carbocycles. The van der Waals surface area contributed by atoms with E-state index in [1.54, 1.807) is 0 Å². The molecular formula is C16H38NO4P. The lowest BCUT2D eigenvalue weighted by molar-refractivity contribution is 0.146. The molecule has 0 unspecified atom stereocenters. The predicted octanol–water partition coefficient (Wildman–Crippen LogP) is 5.03. The van der Waals surface area contributed by atoms with Gasteiger partial charge in [0.15, 0.2) is 0 Å². The van der Waals surface area contributed by atoms with Gasteiger partial charge in [-0.25, -0.2) is 4.57 Å². The number of rotatable bonds is 14. The van der Waals surface area contributed by atoms with Crippen LogP contribution >= 0.6 is 7.82 Å². The molecule has 5 nitrogen and oxygen atoms in total. The molecule has 22 heavy (non-hydrogen) atoms. The maximum absolute atomic E-state index is 11.1. The highest BCUT2D eigenvalue weighted by Gasteiger charge is 2.19. The molecule has 0 saturated heterocycles. The molecule has 0 rings (SSSR count). The average Bonchev–Trinajstić information content (AvgIpc) is 2.48. The molecule has 0 bridgehead atoms. The van der Waals surface area contributed by atoms with Gasteiger partial charge in [-0.1, -0.05) is 65.7 Å². The second-order valence-electron chi connectivity index (χ2n) is 5.40. The third kappa shape index (κ3) is 22.4. The van der Waals surface area contributed by atoms with E-state index in [0.717, 1.165) is 32.2 Å². The van der Waals surface area contributed by atoms with Crippen LogP contribution in [-0.4, -0.2) is 24.7 Å². The van der Waals surface area contributed by atoms with E-state index in [2.05, 4.69) is 6.92 Å². The van der Waals surface area contributed by atoms with Crippen LogP contribution in [0.25, 0.3) is 0 Å². The van der Waals surface area contributed by atoms with E-state index in [4.69, 9.17) is 19.7 Å². The maximum atomic E-state index is 11.1. The molecular weight excluding hydrogens is 301 g/mol. The molecule has 136 valence electrons. The molecule has 0 aromatic heterocycles. The Kier molecular flexibility index (Phi) is 21.1. The van der Waals surface area contributed by atoms with E-state index in [0.29, 0.717) is 0 Å². The first-order valence-corrected chi connectivity index (χ1v) is 10.4. The molecule has 0 aromatic carbocycles. The fourth-order valence-electron chi connectivity index (χ4n) is 1.61. The van der Waals surface area contributed by atoms with Crippen LogP contribution in [0.4, 0.5) is 0 Å². The molecule has 0 amide bonds. The maximum Gasteiger partial charge on any atom is 0.472 e. The van der Waals surface area contributed by atoms with E-state index in [-0.39, 0.29) is 13.2 Å². The fraction of sp³-hybridized carbons (Fsp3) is 1.00. The van der Waals surface area contributed by atoms with Gasteiger partial charge >= 0.3 is 7.82 Å². The average molecular weight is 339 g/mol. The zero-order valence-electron chi connectivity index (χ0n) is 14.9. The molecule has 6 heteroatoms. The molecule has 0 heterocycles. The molecule has 0 aliphatic heterocycles. The first-order valence-electron chi connectivity index (χ1n) is 8.85. The molecule has 0 atom stereocenters. The zero-order valence-corrected chi connectivity index (χ0v) is 15.8. The molecule has 0 fully saturated rings. The van der Waals surface area contributed by atoms with Crippen molar-refractivity contribution in [2.45, 2.75) is 85.0 Å². The smallest absolute Gasteiger partial charge is 0.330 e. The number of phosphoric acid groups is 1. The van der Waals surface area contributed by atoms with E-state index in [1.165, 1.54) is 38.5 Å². The summed E-state index contributed by atoms with van der Waals surface area (Å²) in [5.74, 6) is 0. The Morgan fingerprint density at radius 1 is 0.773 bits per heavy atom.